The van der Waals surface area contributed by atoms with Gasteiger partial charge in [0, 0.05) is 5.02 Å². The van der Waals surface area contributed by atoms with Crippen LogP contribution >= 0.6 is 23.2 Å². The van der Waals surface area contributed by atoms with Crippen LogP contribution in [-0.2, 0) is 13.1 Å². The first kappa shape index (κ1) is 25.8. The largest absolute Gasteiger partial charge is 0.454 e. The number of halogens is 6. The van der Waals surface area contributed by atoms with Gasteiger partial charge in [0.2, 0.25) is 0 Å². The summed E-state index contributed by atoms with van der Waals surface area (Å²) >= 11 is 11.7. The smallest absolute Gasteiger partial charge is 0.291 e. The van der Waals surface area contributed by atoms with Crippen molar-refractivity contribution in [1.29, 1.82) is 0 Å². The number of anilines is 1. The lowest BCUT2D eigenvalue weighted by atomic mass is 10.2. The van der Waals surface area contributed by atoms with Gasteiger partial charge in [-0.1, -0.05) is 35.3 Å². The Hall–Kier alpha value is -3.31. The second-order valence-corrected chi connectivity index (χ2v) is 8.71. The molecule has 4 rings (SSSR count). The fourth-order valence-corrected chi connectivity index (χ4v) is 4.20. The average molecular weight is 544 g/mol. The molecule has 3 aromatic heterocycles. The van der Waals surface area contributed by atoms with Crippen molar-refractivity contribution in [2.45, 2.75) is 39.8 Å². The molecule has 7 nitrogen and oxygen atoms in total. The second-order valence-electron chi connectivity index (χ2n) is 7.90. The Balaban J connectivity index is 1.51. The zero-order chi connectivity index (χ0) is 26.1. The summed E-state index contributed by atoms with van der Waals surface area (Å²) in [6.07, 6.45) is -6.26. The highest BCUT2D eigenvalue weighted by Gasteiger charge is 2.28. The van der Waals surface area contributed by atoms with Crippen molar-refractivity contribution in [2.24, 2.45) is 0 Å². The third kappa shape index (κ3) is 5.26. The molecule has 0 spiro atoms. The van der Waals surface area contributed by atoms with Crippen LogP contribution in [0.1, 0.15) is 57.5 Å². The Morgan fingerprint density at radius 2 is 1.78 bits per heavy atom. The standard InChI is InChI=1S/C23H19Cl2F4N5O2/c1-11-18(12(2)33(31-11)9-13-4-3-5-14(24)8-13)30-23(35)16-7-6-15(36-16)10-34-20(22(28)29)17(25)19(32-34)21(26)27/h3-8,21-22H,9-10H2,1-2H3,(H,30,35). The summed E-state index contributed by atoms with van der Waals surface area (Å²) in [7, 11) is 0. The van der Waals surface area contributed by atoms with Gasteiger partial charge in [-0.3, -0.25) is 14.2 Å². The van der Waals surface area contributed by atoms with Crippen LogP contribution in [0.2, 0.25) is 10.0 Å². The van der Waals surface area contributed by atoms with Crippen molar-refractivity contribution in [1.82, 2.24) is 19.6 Å². The van der Waals surface area contributed by atoms with Gasteiger partial charge in [0.15, 0.2) is 5.76 Å². The summed E-state index contributed by atoms with van der Waals surface area (Å²) in [6, 6.07) is 10.0. The van der Waals surface area contributed by atoms with Crippen LogP contribution in [-0.4, -0.2) is 25.5 Å². The summed E-state index contributed by atoms with van der Waals surface area (Å²) in [5.74, 6) is -0.667. The highest BCUT2D eigenvalue weighted by molar-refractivity contribution is 6.32. The maximum absolute atomic E-state index is 13.4. The van der Waals surface area contributed by atoms with Crippen molar-refractivity contribution in [3.05, 3.63) is 86.3 Å². The van der Waals surface area contributed by atoms with Crippen molar-refractivity contribution in [3.63, 3.8) is 0 Å². The molecule has 0 bridgehead atoms. The number of furan rings is 1. The first-order chi connectivity index (χ1) is 17.0. The summed E-state index contributed by atoms with van der Waals surface area (Å²) < 4.78 is 60.7. The van der Waals surface area contributed by atoms with Gasteiger partial charge in [0.25, 0.3) is 18.8 Å². The van der Waals surface area contributed by atoms with Crippen molar-refractivity contribution < 1.29 is 26.8 Å². The van der Waals surface area contributed by atoms with E-state index in [0.717, 1.165) is 5.56 Å². The number of benzene rings is 1. The quantitative estimate of drug-likeness (QED) is 0.247. The Kier molecular flexibility index (Phi) is 7.41. The van der Waals surface area contributed by atoms with Gasteiger partial charge >= 0.3 is 0 Å². The number of nitrogens with one attached hydrogen (secondary N) is 1. The summed E-state index contributed by atoms with van der Waals surface area (Å²) in [5, 5.41) is 10.5. The number of carbonyl (C=O) groups excluding carboxylic acids is 1. The fourth-order valence-electron chi connectivity index (χ4n) is 3.69. The molecule has 1 aromatic carbocycles. The number of hydrogen-bond acceptors (Lipinski definition) is 4. The van der Waals surface area contributed by atoms with E-state index >= 15 is 0 Å². The maximum atomic E-state index is 13.4. The van der Waals surface area contributed by atoms with Crippen LogP contribution in [0.25, 0.3) is 0 Å². The third-order valence-electron chi connectivity index (χ3n) is 5.40. The van der Waals surface area contributed by atoms with E-state index in [4.69, 9.17) is 27.6 Å². The highest BCUT2D eigenvalue weighted by Crippen LogP contribution is 2.35. The van der Waals surface area contributed by atoms with E-state index in [1.165, 1.54) is 12.1 Å². The summed E-state index contributed by atoms with van der Waals surface area (Å²) in [6.45, 7) is 3.54. The molecule has 0 aliphatic heterocycles. The molecule has 4 aromatic rings. The van der Waals surface area contributed by atoms with Crippen LogP contribution in [0.5, 0.6) is 0 Å². The Morgan fingerprint density at radius 1 is 1.03 bits per heavy atom. The van der Waals surface area contributed by atoms with E-state index in [0.29, 0.717) is 33.3 Å². The normalized spacial score (nSPS) is 11.6. The van der Waals surface area contributed by atoms with Crippen molar-refractivity contribution in [2.75, 3.05) is 5.32 Å². The van der Waals surface area contributed by atoms with E-state index in [-0.39, 0.29) is 11.5 Å². The van der Waals surface area contributed by atoms with Crippen LogP contribution in [0.3, 0.4) is 0 Å². The lowest BCUT2D eigenvalue weighted by molar-refractivity contribution is 0.0993. The molecule has 1 amide bonds. The summed E-state index contributed by atoms with van der Waals surface area (Å²) in [5.41, 5.74) is 0.880. The van der Waals surface area contributed by atoms with E-state index in [1.54, 1.807) is 24.6 Å². The first-order valence-electron chi connectivity index (χ1n) is 10.6. The number of amides is 1. The van der Waals surface area contributed by atoms with Gasteiger partial charge in [-0.05, 0) is 43.7 Å². The SMILES string of the molecule is Cc1nn(Cc2cccc(Cl)c2)c(C)c1NC(=O)c1ccc(Cn2nc(C(F)F)c(Cl)c2C(F)F)o1. The van der Waals surface area contributed by atoms with Gasteiger partial charge in [0.05, 0.1) is 35.2 Å². The molecule has 0 saturated carbocycles. The summed E-state index contributed by atoms with van der Waals surface area (Å²) in [4.78, 5) is 12.8. The molecule has 190 valence electrons. The monoisotopic (exact) mass is 543 g/mol. The number of aromatic nitrogens is 4. The number of rotatable bonds is 8. The molecular weight excluding hydrogens is 525 g/mol. The van der Waals surface area contributed by atoms with Gasteiger partial charge in [-0.2, -0.15) is 10.2 Å². The Bertz CT molecular complexity index is 1410. The second kappa shape index (κ2) is 10.4. The molecule has 0 atom stereocenters. The Morgan fingerprint density at radius 3 is 2.44 bits per heavy atom. The molecule has 0 radical (unpaired) electrons. The third-order valence-corrected chi connectivity index (χ3v) is 6.02. The number of aryl methyl sites for hydroxylation is 1. The number of carbonyl (C=O) groups is 1. The molecule has 0 aliphatic rings. The zero-order valence-electron chi connectivity index (χ0n) is 18.9. The van der Waals surface area contributed by atoms with Crippen molar-refractivity contribution >= 4 is 34.8 Å². The maximum Gasteiger partial charge on any atom is 0.291 e. The highest BCUT2D eigenvalue weighted by atomic mass is 35.5. The number of hydrogen-bond donors (Lipinski definition) is 1. The molecule has 0 unspecified atom stereocenters. The molecule has 0 aliphatic carbocycles. The first-order valence-corrected chi connectivity index (χ1v) is 11.3. The molecular formula is C23H19Cl2F4N5O2. The molecule has 13 heteroatoms. The van der Waals surface area contributed by atoms with E-state index in [9.17, 15) is 22.4 Å². The van der Waals surface area contributed by atoms with Crippen LogP contribution in [0.4, 0.5) is 23.2 Å². The average Bonchev–Trinajstić information content (AvgIpc) is 3.47. The molecule has 3 heterocycles. The molecule has 36 heavy (non-hydrogen) atoms. The number of alkyl halides is 4. The van der Waals surface area contributed by atoms with Gasteiger partial charge in [-0.15, -0.1) is 0 Å². The van der Waals surface area contributed by atoms with E-state index in [2.05, 4.69) is 15.5 Å². The molecule has 0 fully saturated rings. The van der Waals surface area contributed by atoms with Gasteiger partial charge in [-0.25, -0.2) is 17.6 Å². The van der Waals surface area contributed by atoms with Gasteiger partial charge in [0.1, 0.15) is 17.1 Å². The minimum absolute atomic E-state index is 0.0483. The molecule has 0 saturated heterocycles. The van der Waals surface area contributed by atoms with Crippen LogP contribution in [0, 0.1) is 13.8 Å². The number of nitrogens with zero attached hydrogens (tertiary/aromatic N) is 4. The lowest BCUT2D eigenvalue weighted by Gasteiger charge is -2.07. The minimum Gasteiger partial charge on any atom is -0.454 e. The lowest BCUT2D eigenvalue weighted by Crippen LogP contribution is -2.13. The topological polar surface area (TPSA) is 77.9 Å². The van der Waals surface area contributed by atoms with E-state index in [1.807, 2.05) is 18.2 Å². The van der Waals surface area contributed by atoms with Crippen molar-refractivity contribution in [3.8, 4) is 0 Å². The zero-order valence-corrected chi connectivity index (χ0v) is 20.4. The van der Waals surface area contributed by atoms with Crippen LogP contribution in [0.15, 0.2) is 40.8 Å². The Labute approximate surface area is 212 Å². The van der Waals surface area contributed by atoms with Crippen LogP contribution < -0.4 is 5.32 Å². The van der Waals surface area contributed by atoms with E-state index < -0.39 is 41.7 Å². The predicted molar refractivity (Wildman–Crippen MR) is 125 cm³/mol. The fraction of sp³-hybridized carbons (Fsp3) is 0.261. The van der Waals surface area contributed by atoms with Gasteiger partial charge < -0.3 is 9.73 Å². The molecule has 1 N–H and O–H groups in total. The predicted octanol–water partition coefficient (Wildman–Crippen LogP) is 6.82. The minimum atomic E-state index is -3.13.